The number of rotatable bonds is 7. The fourth-order valence-electron chi connectivity index (χ4n) is 4.43. The molecule has 0 radical (unpaired) electrons. The van der Waals surface area contributed by atoms with Gasteiger partial charge in [0.1, 0.15) is 15.9 Å². The summed E-state index contributed by atoms with van der Waals surface area (Å²) in [6.45, 7) is 4.32. The highest BCUT2D eigenvalue weighted by Crippen LogP contribution is 2.54. The Morgan fingerprint density at radius 1 is 0.647 bits per heavy atom. The Morgan fingerprint density at radius 2 is 1.15 bits per heavy atom. The highest BCUT2D eigenvalue weighted by atomic mass is 32.2. The second-order valence-corrected chi connectivity index (χ2v) is 12.7. The van der Waals surface area contributed by atoms with Crippen molar-refractivity contribution in [1.29, 1.82) is 0 Å². The topological polar surface area (TPSA) is 28.7 Å². The summed E-state index contributed by atoms with van der Waals surface area (Å²) < 4.78 is 0. The standard InChI is InChI=1S/C30H28N2PS/c1-23-18-20-28(21-19-23)33(26-14-8-4-9-15-26,27-16-10-5-11-17-27)29-24(2)31-30(32-29)34-22-25-12-6-3-7-13-25/h3-21H,22H2,1-2H3,(H,31,32)/q+1. The first kappa shape index (κ1) is 22.7. The minimum atomic E-state index is -2.19. The molecule has 0 spiro atoms. The summed E-state index contributed by atoms with van der Waals surface area (Å²) in [6, 6.07) is 41.5. The number of benzene rings is 4. The number of aromatic amines is 1. The summed E-state index contributed by atoms with van der Waals surface area (Å²) in [5, 5.41) is 4.93. The summed E-state index contributed by atoms with van der Waals surface area (Å²) in [5.41, 5.74) is 4.86. The lowest BCUT2D eigenvalue weighted by Gasteiger charge is -2.26. The van der Waals surface area contributed by atoms with E-state index in [1.165, 1.54) is 27.0 Å². The third-order valence-corrected chi connectivity index (χ3v) is 11.3. The average molecular weight is 480 g/mol. The number of nitrogens with zero attached hydrogens (tertiary/aromatic N) is 1. The number of hydrogen-bond donors (Lipinski definition) is 1. The van der Waals surface area contributed by atoms with Gasteiger partial charge in [0.15, 0.2) is 12.4 Å². The van der Waals surface area contributed by atoms with Gasteiger partial charge in [0, 0.05) is 5.75 Å². The van der Waals surface area contributed by atoms with Crippen LogP contribution in [0.25, 0.3) is 0 Å². The SMILES string of the molecule is Cc1ccc([P+](c2ccccc2)(c2ccccc2)c2nc(SCc3ccccc3)[nH]c2C)cc1. The Bertz CT molecular complexity index is 1310. The summed E-state index contributed by atoms with van der Waals surface area (Å²) in [7, 11) is -2.19. The van der Waals surface area contributed by atoms with Gasteiger partial charge in [-0.05, 0) is 55.8 Å². The Morgan fingerprint density at radius 3 is 1.71 bits per heavy atom. The van der Waals surface area contributed by atoms with Crippen molar-refractivity contribution in [2.24, 2.45) is 0 Å². The van der Waals surface area contributed by atoms with Crippen molar-refractivity contribution in [3.63, 3.8) is 0 Å². The van der Waals surface area contributed by atoms with Crippen LogP contribution >= 0.6 is 19.0 Å². The Balaban J connectivity index is 1.70. The summed E-state index contributed by atoms with van der Waals surface area (Å²) >= 11 is 1.76. The molecule has 0 aliphatic rings. The molecule has 0 atom stereocenters. The molecule has 2 nitrogen and oxygen atoms in total. The van der Waals surface area contributed by atoms with Crippen LogP contribution in [0.4, 0.5) is 0 Å². The summed E-state index contributed by atoms with van der Waals surface area (Å²) in [4.78, 5) is 8.93. The molecule has 1 aromatic heterocycles. The second kappa shape index (κ2) is 10.0. The molecule has 0 fully saturated rings. The van der Waals surface area contributed by atoms with Crippen molar-refractivity contribution in [2.75, 3.05) is 0 Å². The Labute approximate surface area is 206 Å². The zero-order valence-corrected chi connectivity index (χ0v) is 21.2. The first-order chi connectivity index (χ1) is 16.7. The first-order valence-electron chi connectivity index (χ1n) is 11.5. The number of hydrogen-bond acceptors (Lipinski definition) is 2. The molecule has 0 aliphatic heterocycles. The maximum Gasteiger partial charge on any atom is 0.219 e. The van der Waals surface area contributed by atoms with Crippen molar-refractivity contribution in [1.82, 2.24) is 9.97 Å². The molecule has 0 saturated carbocycles. The van der Waals surface area contributed by atoms with E-state index in [-0.39, 0.29) is 0 Å². The van der Waals surface area contributed by atoms with E-state index in [1.807, 2.05) is 0 Å². The maximum atomic E-state index is 5.31. The van der Waals surface area contributed by atoms with Gasteiger partial charge in [0.2, 0.25) is 5.44 Å². The highest BCUT2D eigenvalue weighted by molar-refractivity contribution is 8.01. The number of aryl methyl sites for hydroxylation is 2. The Hall–Kier alpha value is -3.13. The molecule has 0 bridgehead atoms. The molecule has 1 N–H and O–H groups in total. The van der Waals surface area contributed by atoms with E-state index in [0.29, 0.717) is 0 Å². The van der Waals surface area contributed by atoms with Gasteiger partial charge in [0.05, 0.1) is 5.69 Å². The number of imidazole rings is 1. The molecule has 4 aromatic carbocycles. The smallest absolute Gasteiger partial charge is 0.219 e. The van der Waals surface area contributed by atoms with Gasteiger partial charge in [-0.2, -0.15) is 4.98 Å². The number of H-pyrrole nitrogens is 1. The molecule has 4 heteroatoms. The van der Waals surface area contributed by atoms with Crippen LogP contribution in [0.5, 0.6) is 0 Å². The minimum absolute atomic E-state index is 0.889. The summed E-state index contributed by atoms with van der Waals surface area (Å²) in [5.74, 6) is 0.889. The van der Waals surface area contributed by atoms with Gasteiger partial charge in [-0.3, -0.25) is 0 Å². The van der Waals surface area contributed by atoms with E-state index in [4.69, 9.17) is 4.98 Å². The molecule has 5 aromatic rings. The van der Waals surface area contributed by atoms with Crippen molar-refractivity contribution < 1.29 is 0 Å². The molecule has 168 valence electrons. The fraction of sp³-hybridized carbons (Fsp3) is 0.100. The number of thioether (sulfide) groups is 1. The van der Waals surface area contributed by atoms with Gasteiger partial charge in [-0.25, -0.2) is 0 Å². The summed E-state index contributed by atoms with van der Waals surface area (Å²) in [6.07, 6.45) is 0. The van der Waals surface area contributed by atoms with Crippen LogP contribution in [0.1, 0.15) is 16.8 Å². The molecule has 1 heterocycles. The lowest BCUT2D eigenvalue weighted by molar-refractivity contribution is 1.04. The monoisotopic (exact) mass is 479 g/mol. The molecule has 0 saturated heterocycles. The van der Waals surface area contributed by atoms with Gasteiger partial charge in [0.25, 0.3) is 0 Å². The van der Waals surface area contributed by atoms with Gasteiger partial charge < -0.3 is 4.98 Å². The van der Waals surface area contributed by atoms with Gasteiger partial charge in [-0.1, -0.05) is 96.2 Å². The van der Waals surface area contributed by atoms with E-state index in [9.17, 15) is 0 Å². The van der Waals surface area contributed by atoms with Crippen molar-refractivity contribution in [2.45, 2.75) is 24.8 Å². The van der Waals surface area contributed by atoms with Crippen molar-refractivity contribution in [3.05, 3.63) is 132 Å². The predicted molar refractivity (Wildman–Crippen MR) is 149 cm³/mol. The van der Waals surface area contributed by atoms with Crippen molar-refractivity contribution in [3.8, 4) is 0 Å². The van der Waals surface area contributed by atoms with Crippen LogP contribution < -0.4 is 21.3 Å². The van der Waals surface area contributed by atoms with Gasteiger partial charge >= 0.3 is 0 Å². The molecule has 0 amide bonds. The normalized spacial score (nSPS) is 11.5. The average Bonchev–Trinajstić information content (AvgIpc) is 3.27. The molecular weight excluding hydrogens is 451 g/mol. The fourth-order valence-corrected chi connectivity index (χ4v) is 9.65. The Kier molecular flexibility index (Phi) is 6.67. The lowest BCUT2D eigenvalue weighted by Crippen LogP contribution is -2.40. The molecule has 0 aliphatic carbocycles. The van der Waals surface area contributed by atoms with Crippen LogP contribution in [0.3, 0.4) is 0 Å². The lowest BCUT2D eigenvalue weighted by atomic mass is 10.2. The third-order valence-electron chi connectivity index (χ3n) is 6.08. The number of aromatic nitrogens is 2. The molecule has 0 unspecified atom stereocenters. The van der Waals surface area contributed by atoms with E-state index in [0.717, 1.165) is 22.0 Å². The van der Waals surface area contributed by atoms with Crippen LogP contribution in [0.2, 0.25) is 0 Å². The molecule has 5 rings (SSSR count). The van der Waals surface area contributed by atoms with Crippen LogP contribution in [0, 0.1) is 13.8 Å². The molecule has 34 heavy (non-hydrogen) atoms. The van der Waals surface area contributed by atoms with E-state index < -0.39 is 7.26 Å². The first-order valence-corrected chi connectivity index (χ1v) is 14.3. The quantitative estimate of drug-likeness (QED) is 0.231. The zero-order valence-electron chi connectivity index (χ0n) is 19.5. The van der Waals surface area contributed by atoms with Crippen LogP contribution in [-0.2, 0) is 5.75 Å². The highest BCUT2D eigenvalue weighted by Gasteiger charge is 2.51. The van der Waals surface area contributed by atoms with E-state index in [2.05, 4.69) is 134 Å². The second-order valence-electron chi connectivity index (χ2n) is 8.44. The van der Waals surface area contributed by atoms with Crippen LogP contribution in [0.15, 0.2) is 120 Å². The van der Waals surface area contributed by atoms with E-state index in [1.54, 1.807) is 11.8 Å². The van der Waals surface area contributed by atoms with Crippen molar-refractivity contribution >= 4 is 40.4 Å². The zero-order chi connectivity index (χ0) is 23.4. The molecular formula is C30H28N2PS+. The van der Waals surface area contributed by atoms with Crippen LogP contribution in [-0.4, -0.2) is 9.97 Å². The van der Waals surface area contributed by atoms with Gasteiger partial charge in [-0.15, -0.1) is 0 Å². The predicted octanol–water partition coefficient (Wildman–Crippen LogP) is 5.94. The minimum Gasteiger partial charge on any atom is -0.334 e. The number of nitrogens with one attached hydrogen (secondary N) is 1. The third kappa shape index (κ3) is 4.34. The maximum absolute atomic E-state index is 5.31. The largest absolute Gasteiger partial charge is 0.334 e. The van der Waals surface area contributed by atoms with E-state index >= 15 is 0 Å².